The molecule has 0 aliphatic carbocycles. The summed E-state index contributed by atoms with van der Waals surface area (Å²) in [5.74, 6) is 1.60. The van der Waals surface area contributed by atoms with Gasteiger partial charge in [0, 0.05) is 11.6 Å². The maximum absolute atomic E-state index is 11.8. The molecular weight excluding hydrogens is 320 g/mol. The lowest BCUT2D eigenvalue weighted by molar-refractivity contribution is -0.123. The Hall–Kier alpha value is -3.02. The Kier molecular flexibility index (Phi) is 6.39. The summed E-state index contributed by atoms with van der Waals surface area (Å²) in [7, 11) is 3.14. The van der Waals surface area contributed by atoms with E-state index in [0.717, 1.165) is 16.7 Å². The summed E-state index contributed by atoms with van der Waals surface area (Å²) in [5, 5.41) is 3.93. The molecule has 2 aromatic carbocycles. The minimum atomic E-state index is -0.345. The zero-order valence-corrected chi connectivity index (χ0v) is 14.8. The van der Waals surface area contributed by atoms with E-state index in [1.54, 1.807) is 32.4 Å². The van der Waals surface area contributed by atoms with E-state index in [2.05, 4.69) is 10.5 Å². The van der Waals surface area contributed by atoms with E-state index in [1.807, 2.05) is 32.0 Å². The van der Waals surface area contributed by atoms with Gasteiger partial charge in [0.05, 0.1) is 20.4 Å². The minimum Gasteiger partial charge on any atom is -0.497 e. The van der Waals surface area contributed by atoms with Crippen molar-refractivity contribution >= 4 is 12.1 Å². The average Bonchev–Trinajstić information content (AvgIpc) is 2.59. The van der Waals surface area contributed by atoms with Gasteiger partial charge >= 0.3 is 0 Å². The topological polar surface area (TPSA) is 69.2 Å². The molecule has 2 rings (SSSR count). The fourth-order valence-corrected chi connectivity index (χ4v) is 2.30. The van der Waals surface area contributed by atoms with Gasteiger partial charge in [-0.05, 0) is 49.2 Å². The molecule has 6 nitrogen and oxygen atoms in total. The number of hydrogen-bond acceptors (Lipinski definition) is 5. The number of carbonyl (C=O) groups excluding carboxylic acids is 1. The van der Waals surface area contributed by atoms with Crippen LogP contribution in [0.25, 0.3) is 0 Å². The van der Waals surface area contributed by atoms with Crippen molar-refractivity contribution in [2.24, 2.45) is 5.10 Å². The first-order chi connectivity index (χ1) is 12.0. The van der Waals surface area contributed by atoms with E-state index in [1.165, 1.54) is 6.21 Å². The second-order valence-electron chi connectivity index (χ2n) is 5.51. The number of aryl methyl sites for hydroxylation is 2. The van der Waals surface area contributed by atoms with E-state index in [4.69, 9.17) is 14.2 Å². The quantitative estimate of drug-likeness (QED) is 0.620. The molecule has 0 fully saturated rings. The van der Waals surface area contributed by atoms with Crippen molar-refractivity contribution in [2.75, 3.05) is 20.8 Å². The number of ether oxygens (including phenoxy) is 3. The molecule has 25 heavy (non-hydrogen) atoms. The highest BCUT2D eigenvalue weighted by Crippen LogP contribution is 2.23. The fourth-order valence-electron chi connectivity index (χ4n) is 2.30. The molecule has 0 bridgehead atoms. The molecule has 0 aliphatic rings. The molecule has 0 atom stereocenters. The predicted molar refractivity (Wildman–Crippen MR) is 96.7 cm³/mol. The highest BCUT2D eigenvalue weighted by atomic mass is 16.5. The first kappa shape index (κ1) is 18.3. The molecule has 2 aromatic rings. The van der Waals surface area contributed by atoms with E-state index < -0.39 is 0 Å². The Morgan fingerprint density at radius 2 is 1.76 bits per heavy atom. The molecule has 0 unspecified atom stereocenters. The molecule has 0 saturated carbocycles. The van der Waals surface area contributed by atoms with E-state index in [-0.39, 0.29) is 12.5 Å². The molecule has 6 heteroatoms. The largest absolute Gasteiger partial charge is 0.497 e. The van der Waals surface area contributed by atoms with Crippen LogP contribution in [-0.4, -0.2) is 32.9 Å². The lowest BCUT2D eigenvalue weighted by atomic mass is 10.1. The molecule has 1 amide bonds. The number of carbonyl (C=O) groups is 1. The van der Waals surface area contributed by atoms with Gasteiger partial charge < -0.3 is 14.2 Å². The smallest absolute Gasteiger partial charge is 0.277 e. The summed E-state index contributed by atoms with van der Waals surface area (Å²) >= 11 is 0. The summed E-state index contributed by atoms with van der Waals surface area (Å²) in [6.07, 6.45) is 1.51. The number of rotatable bonds is 7. The molecule has 1 N–H and O–H groups in total. The van der Waals surface area contributed by atoms with Gasteiger partial charge in [-0.15, -0.1) is 0 Å². The fraction of sp³-hybridized carbons (Fsp3) is 0.263. The Bertz CT molecular complexity index is 752. The third-order valence-electron chi connectivity index (χ3n) is 3.40. The number of amides is 1. The molecule has 132 valence electrons. The number of nitrogens with one attached hydrogen (secondary N) is 1. The van der Waals surface area contributed by atoms with Crippen LogP contribution in [-0.2, 0) is 4.79 Å². The van der Waals surface area contributed by atoms with Gasteiger partial charge in [-0.3, -0.25) is 4.79 Å². The third-order valence-corrected chi connectivity index (χ3v) is 3.40. The number of hydrazone groups is 1. The van der Waals surface area contributed by atoms with Gasteiger partial charge in [-0.25, -0.2) is 5.43 Å². The van der Waals surface area contributed by atoms with Crippen molar-refractivity contribution < 1.29 is 19.0 Å². The SMILES string of the molecule is COc1ccc(/C=N/NC(=O)COc2cc(C)cc(C)c2)c(OC)c1. The number of methoxy groups -OCH3 is 2. The summed E-state index contributed by atoms with van der Waals surface area (Å²) in [4.78, 5) is 11.8. The van der Waals surface area contributed by atoms with Crippen LogP contribution in [0.2, 0.25) is 0 Å². The van der Waals surface area contributed by atoms with Crippen molar-refractivity contribution in [3.8, 4) is 17.2 Å². The van der Waals surface area contributed by atoms with Crippen molar-refractivity contribution in [1.29, 1.82) is 0 Å². The van der Waals surface area contributed by atoms with E-state index in [0.29, 0.717) is 17.2 Å². The van der Waals surface area contributed by atoms with Gasteiger partial charge in [0.2, 0.25) is 0 Å². The van der Waals surface area contributed by atoms with Crippen LogP contribution in [0.5, 0.6) is 17.2 Å². The Balaban J connectivity index is 1.90. The molecular formula is C19H22N2O4. The normalized spacial score (nSPS) is 10.6. The maximum atomic E-state index is 11.8. The second-order valence-corrected chi connectivity index (χ2v) is 5.51. The van der Waals surface area contributed by atoms with Crippen LogP contribution >= 0.6 is 0 Å². The molecule has 0 saturated heterocycles. The summed E-state index contributed by atoms with van der Waals surface area (Å²) in [6.45, 7) is 3.85. The zero-order valence-electron chi connectivity index (χ0n) is 14.8. The van der Waals surface area contributed by atoms with Crippen LogP contribution in [0.4, 0.5) is 0 Å². The van der Waals surface area contributed by atoms with Gasteiger partial charge in [-0.2, -0.15) is 5.10 Å². The molecule has 0 aromatic heterocycles. The average molecular weight is 342 g/mol. The summed E-state index contributed by atoms with van der Waals surface area (Å²) in [6, 6.07) is 11.1. The third kappa shape index (κ3) is 5.53. The Morgan fingerprint density at radius 3 is 2.40 bits per heavy atom. The van der Waals surface area contributed by atoms with Crippen molar-refractivity contribution in [2.45, 2.75) is 13.8 Å². The summed E-state index contributed by atoms with van der Waals surface area (Å²) in [5.41, 5.74) is 5.32. The molecule has 0 radical (unpaired) electrons. The first-order valence-corrected chi connectivity index (χ1v) is 7.77. The van der Waals surface area contributed by atoms with Crippen molar-refractivity contribution in [1.82, 2.24) is 5.43 Å². The van der Waals surface area contributed by atoms with Crippen LogP contribution in [0.3, 0.4) is 0 Å². The molecule has 0 heterocycles. The lowest BCUT2D eigenvalue weighted by Crippen LogP contribution is -2.24. The number of nitrogens with zero attached hydrogens (tertiary/aromatic N) is 1. The van der Waals surface area contributed by atoms with Crippen LogP contribution in [0.15, 0.2) is 41.5 Å². The lowest BCUT2D eigenvalue weighted by Gasteiger charge is -2.08. The predicted octanol–water partition coefficient (Wildman–Crippen LogP) is 2.85. The minimum absolute atomic E-state index is 0.111. The first-order valence-electron chi connectivity index (χ1n) is 7.77. The Labute approximate surface area is 147 Å². The van der Waals surface area contributed by atoms with Gasteiger partial charge in [0.15, 0.2) is 6.61 Å². The standard InChI is InChI=1S/C19H22N2O4/c1-13-7-14(2)9-17(8-13)25-12-19(22)21-20-11-15-5-6-16(23-3)10-18(15)24-4/h5-11H,12H2,1-4H3,(H,21,22)/b20-11+. The molecule has 0 aliphatic heterocycles. The number of hydrogen-bond donors (Lipinski definition) is 1. The second kappa shape index (κ2) is 8.73. The van der Waals surface area contributed by atoms with Gasteiger partial charge in [0.25, 0.3) is 5.91 Å². The van der Waals surface area contributed by atoms with Gasteiger partial charge in [-0.1, -0.05) is 6.07 Å². The number of benzene rings is 2. The monoisotopic (exact) mass is 342 g/mol. The van der Waals surface area contributed by atoms with Crippen LogP contribution in [0, 0.1) is 13.8 Å². The van der Waals surface area contributed by atoms with Crippen LogP contribution < -0.4 is 19.6 Å². The zero-order chi connectivity index (χ0) is 18.2. The van der Waals surface area contributed by atoms with Crippen molar-refractivity contribution in [3.05, 3.63) is 53.1 Å². The van der Waals surface area contributed by atoms with Crippen molar-refractivity contribution in [3.63, 3.8) is 0 Å². The van der Waals surface area contributed by atoms with E-state index in [9.17, 15) is 4.79 Å². The van der Waals surface area contributed by atoms with Crippen LogP contribution in [0.1, 0.15) is 16.7 Å². The highest BCUT2D eigenvalue weighted by Gasteiger charge is 2.05. The maximum Gasteiger partial charge on any atom is 0.277 e. The highest BCUT2D eigenvalue weighted by molar-refractivity contribution is 5.85. The molecule has 0 spiro atoms. The van der Waals surface area contributed by atoms with E-state index >= 15 is 0 Å². The Morgan fingerprint density at radius 1 is 1.04 bits per heavy atom. The summed E-state index contributed by atoms with van der Waals surface area (Å²) < 4.78 is 15.9. The van der Waals surface area contributed by atoms with Gasteiger partial charge in [0.1, 0.15) is 17.2 Å².